The third-order valence-corrected chi connectivity index (χ3v) is 4.51. The van der Waals surface area contributed by atoms with Gasteiger partial charge in [-0.1, -0.05) is 34.6 Å². The fraction of sp³-hybridized carbons (Fsp3) is 0.750. The van der Waals surface area contributed by atoms with E-state index in [4.69, 9.17) is 5.73 Å². The highest BCUT2D eigenvalue weighted by atomic mass is 32.1. The monoisotopic (exact) mass is 226 g/mol. The summed E-state index contributed by atoms with van der Waals surface area (Å²) >= 11 is 1.81. The van der Waals surface area contributed by atoms with Gasteiger partial charge in [-0.15, -0.1) is 11.3 Å². The summed E-state index contributed by atoms with van der Waals surface area (Å²) in [5.74, 6) is 0. The van der Waals surface area contributed by atoms with Gasteiger partial charge in [0.2, 0.25) is 0 Å². The Kier molecular flexibility index (Phi) is 3.27. The van der Waals surface area contributed by atoms with E-state index in [2.05, 4.69) is 46.5 Å². The molecule has 1 heterocycles. The standard InChI is InChI=1S/C12H22N2S/c1-8-9(12(5,6)7-13)15-10(14-8)11(2,3)4/h7,13H2,1-6H3. The van der Waals surface area contributed by atoms with E-state index in [9.17, 15) is 0 Å². The summed E-state index contributed by atoms with van der Waals surface area (Å²) in [4.78, 5) is 5.99. The Hall–Kier alpha value is -0.410. The predicted molar refractivity (Wildman–Crippen MR) is 67.6 cm³/mol. The van der Waals surface area contributed by atoms with Crippen LogP contribution in [0.5, 0.6) is 0 Å². The summed E-state index contributed by atoms with van der Waals surface area (Å²) in [5, 5.41) is 1.21. The minimum absolute atomic E-state index is 0.0469. The van der Waals surface area contributed by atoms with E-state index in [1.165, 1.54) is 9.88 Å². The second-order valence-corrected chi connectivity index (χ2v) is 6.77. The molecule has 1 rings (SSSR count). The molecule has 15 heavy (non-hydrogen) atoms. The molecule has 2 nitrogen and oxygen atoms in total. The van der Waals surface area contributed by atoms with E-state index < -0.39 is 0 Å². The van der Waals surface area contributed by atoms with E-state index in [1.807, 2.05) is 0 Å². The Bertz CT molecular complexity index is 345. The fourth-order valence-corrected chi connectivity index (χ4v) is 2.67. The molecule has 0 atom stereocenters. The van der Waals surface area contributed by atoms with Crippen LogP contribution in [0, 0.1) is 6.92 Å². The highest BCUT2D eigenvalue weighted by molar-refractivity contribution is 7.12. The van der Waals surface area contributed by atoms with Crippen LogP contribution in [0.3, 0.4) is 0 Å². The van der Waals surface area contributed by atoms with Crippen molar-refractivity contribution >= 4 is 11.3 Å². The molecule has 0 spiro atoms. The highest BCUT2D eigenvalue weighted by Gasteiger charge is 2.27. The van der Waals surface area contributed by atoms with Crippen molar-refractivity contribution in [2.75, 3.05) is 6.54 Å². The topological polar surface area (TPSA) is 38.9 Å². The lowest BCUT2D eigenvalue weighted by Gasteiger charge is -2.21. The van der Waals surface area contributed by atoms with E-state index in [1.54, 1.807) is 11.3 Å². The number of aryl methyl sites for hydroxylation is 1. The minimum Gasteiger partial charge on any atom is -0.330 e. The van der Waals surface area contributed by atoms with Crippen molar-refractivity contribution in [3.63, 3.8) is 0 Å². The molecule has 0 fully saturated rings. The quantitative estimate of drug-likeness (QED) is 0.842. The van der Waals surface area contributed by atoms with Gasteiger partial charge in [0.05, 0.1) is 10.7 Å². The van der Waals surface area contributed by atoms with Crippen molar-refractivity contribution < 1.29 is 0 Å². The molecule has 0 bridgehead atoms. The van der Waals surface area contributed by atoms with Gasteiger partial charge < -0.3 is 5.73 Å². The Morgan fingerprint density at radius 3 is 2.07 bits per heavy atom. The third-order valence-electron chi connectivity index (χ3n) is 2.56. The van der Waals surface area contributed by atoms with Gasteiger partial charge in [0.25, 0.3) is 0 Å². The maximum atomic E-state index is 5.80. The van der Waals surface area contributed by atoms with Gasteiger partial charge >= 0.3 is 0 Å². The van der Waals surface area contributed by atoms with Crippen LogP contribution in [0.1, 0.15) is 50.2 Å². The zero-order valence-corrected chi connectivity index (χ0v) is 11.5. The Morgan fingerprint density at radius 1 is 1.20 bits per heavy atom. The van der Waals surface area contributed by atoms with E-state index in [0.29, 0.717) is 6.54 Å². The number of aromatic nitrogens is 1. The second-order valence-electron chi connectivity index (χ2n) is 5.77. The number of nitrogens with zero attached hydrogens (tertiary/aromatic N) is 1. The number of hydrogen-bond donors (Lipinski definition) is 1. The normalized spacial score (nSPS) is 13.3. The van der Waals surface area contributed by atoms with Crippen LogP contribution >= 0.6 is 11.3 Å². The summed E-state index contributed by atoms with van der Waals surface area (Å²) < 4.78 is 0. The van der Waals surface area contributed by atoms with Gasteiger partial charge in [-0.05, 0) is 6.92 Å². The van der Waals surface area contributed by atoms with Crippen LogP contribution in [0.15, 0.2) is 0 Å². The molecule has 0 saturated carbocycles. The van der Waals surface area contributed by atoms with Gasteiger partial charge in [-0.25, -0.2) is 4.98 Å². The maximum Gasteiger partial charge on any atom is 0.0984 e. The Labute approximate surface area is 96.9 Å². The van der Waals surface area contributed by atoms with Crippen molar-refractivity contribution in [3.8, 4) is 0 Å². The third kappa shape index (κ3) is 2.58. The number of rotatable bonds is 2. The minimum atomic E-state index is 0.0469. The van der Waals surface area contributed by atoms with E-state index in [-0.39, 0.29) is 10.8 Å². The highest BCUT2D eigenvalue weighted by Crippen LogP contribution is 2.35. The zero-order valence-electron chi connectivity index (χ0n) is 10.6. The average Bonchev–Trinajstić information content (AvgIpc) is 2.47. The molecule has 2 N–H and O–H groups in total. The van der Waals surface area contributed by atoms with E-state index >= 15 is 0 Å². The van der Waals surface area contributed by atoms with Gasteiger partial charge in [-0.3, -0.25) is 0 Å². The van der Waals surface area contributed by atoms with Gasteiger partial charge in [0.15, 0.2) is 0 Å². The zero-order chi connectivity index (χ0) is 11.9. The second kappa shape index (κ2) is 3.87. The lowest BCUT2D eigenvalue weighted by Crippen LogP contribution is -2.27. The van der Waals surface area contributed by atoms with Crippen molar-refractivity contribution in [1.29, 1.82) is 0 Å². The first-order chi connectivity index (χ1) is 6.68. The van der Waals surface area contributed by atoms with Crippen molar-refractivity contribution in [1.82, 2.24) is 4.98 Å². The van der Waals surface area contributed by atoms with Crippen LogP contribution in [-0.2, 0) is 10.8 Å². The molecule has 86 valence electrons. The lowest BCUT2D eigenvalue weighted by molar-refractivity contribution is 0.545. The maximum absolute atomic E-state index is 5.80. The Balaban J connectivity index is 3.18. The van der Waals surface area contributed by atoms with Gasteiger partial charge in [-0.2, -0.15) is 0 Å². The number of thiazole rings is 1. The summed E-state index contributed by atoms with van der Waals surface area (Å²) in [6, 6.07) is 0. The smallest absolute Gasteiger partial charge is 0.0984 e. The lowest BCUT2D eigenvalue weighted by atomic mass is 9.91. The van der Waals surface area contributed by atoms with Gasteiger partial charge in [0.1, 0.15) is 0 Å². The molecule has 1 aromatic heterocycles. The van der Waals surface area contributed by atoms with Crippen molar-refractivity contribution in [2.45, 2.75) is 52.4 Å². The molecule has 0 saturated heterocycles. The molecule has 0 aromatic carbocycles. The fourth-order valence-electron chi connectivity index (χ4n) is 1.44. The molecular weight excluding hydrogens is 204 g/mol. The largest absolute Gasteiger partial charge is 0.330 e. The first kappa shape index (κ1) is 12.7. The van der Waals surface area contributed by atoms with Crippen LogP contribution < -0.4 is 5.73 Å². The van der Waals surface area contributed by atoms with Crippen LogP contribution in [0.4, 0.5) is 0 Å². The van der Waals surface area contributed by atoms with Crippen LogP contribution in [0.2, 0.25) is 0 Å². The molecule has 1 aromatic rings. The molecule has 0 amide bonds. The van der Waals surface area contributed by atoms with Crippen molar-refractivity contribution in [3.05, 3.63) is 15.6 Å². The summed E-state index contributed by atoms with van der Waals surface area (Å²) in [5.41, 5.74) is 7.13. The molecule has 0 unspecified atom stereocenters. The van der Waals surface area contributed by atoms with Crippen LogP contribution in [0.25, 0.3) is 0 Å². The molecule has 0 aliphatic rings. The molecule has 0 aliphatic carbocycles. The molecule has 3 heteroatoms. The summed E-state index contributed by atoms with van der Waals surface area (Å²) in [7, 11) is 0. The number of hydrogen-bond acceptors (Lipinski definition) is 3. The van der Waals surface area contributed by atoms with E-state index in [0.717, 1.165) is 5.69 Å². The molecular formula is C12H22N2S. The molecule has 0 aliphatic heterocycles. The molecule has 0 radical (unpaired) electrons. The summed E-state index contributed by atoms with van der Waals surface area (Å²) in [6.07, 6.45) is 0. The first-order valence-electron chi connectivity index (χ1n) is 5.37. The first-order valence-corrected chi connectivity index (χ1v) is 6.18. The van der Waals surface area contributed by atoms with Crippen LogP contribution in [-0.4, -0.2) is 11.5 Å². The predicted octanol–water partition coefficient (Wildman–Crippen LogP) is 2.99. The SMILES string of the molecule is Cc1nc(C(C)(C)C)sc1C(C)(C)CN. The number of nitrogens with two attached hydrogens (primary N) is 1. The van der Waals surface area contributed by atoms with Crippen molar-refractivity contribution in [2.24, 2.45) is 5.73 Å². The summed E-state index contributed by atoms with van der Waals surface area (Å²) in [6.45, 7) is 13.7. The van der Waals surface area contributed by atoms with Gasteiger partial charge in [0, 0.05) is 22.3 Å². The average molecular weight is 226 g/mol. The Morgan fingerprint density at radius 2 is 1.73 bits per heavy atom.